The monoisotopic (exact) mass is 293 g/mol. The maximum atomic E-state index is 5.91. The minimum Gasteiger partial charge on any atom is -0.389 e. The van der Waals surface area contributed by atoms with Crippen molar-refractivity contribution >= 4 is 11.6 Å². The molecule has 1 aromatic rings. The first-order valence-electron chi connectivity index (χ1n) is 7.81. The number of hydrogen-bond donors (Lipinski definition) is 1. The summed E-state index contributed by atoms with van der Waals surface area (Å²) in [6.45, 7) is 9.61. The van der Waals surface area contributed by atoms with Crippen LogP contribution in [0.2, 0.25) is 5.02 Å². The van der Waals surface area contributed by atoms with E-state index in [0.29, 0.717) is 0 Å². The van der Waals surface area contributed by atoms with Gasteiger partial charge in [-0.2, -0.15) is 0 Å². The second-order valence-corrected chi connectivity index (χ2v) is 5.94. The molecular formula is C18H28ClN. The van der Waals surface area contributed by atoms with E-state index in [-0.39, 0.29) is 0 Å². The first-order valence-corrected chi connectivity index (χ1v) is 8.19. The zero-order chi connectivity index (χ0) is 14.8. The van der Waals surface area contributed by atoms with Crippen molar-refractivity contribution in [1.82, 2.24) is 5.32 Å². The first-order chi connectivity index (χ1) is 9.65. The zero-order valence-electron chi connectivity index (χ0n) is 12.9. The number of benzene rings is 1. The minimum absolute atomic E-state index is 0.783. The molecule has 1 rings (SSSR count). The van der Waals surface area contributed by atoms with Gasteiger partial charge in [-0.3, -0.25) is 0 Å². The lowest BCUT2D eigenvalue weighted by molar-refractivity contribution is 0.432. The molecule has 0 saturated carbocycles. The summed E-state index contributed by atoms with van der Waals surface area (Å²) in [5.74, 6) is 0.783. The molecule has 0 aliphatic heterocycles. The molecule has 0 heterocycles. The second kappa shape index (κ2) is 9.88. The molecule has 1 aromatic carbocycles. The summed E-state index contributed by atoms with van der Waals surface area (Å²) in [4.78, 5) is 0. The SMILES string of the molecule is C=C(CCC(CC)CCc1ccc(Cl)cc1)NCCC. The van der Waals surface area contributed by atoms with Gasteiger partial charge in [-0.1, -0.05) is 50.6 Å². The number of nitrogens with one attached hydrogen (secondary N) is 1. The van der Waals surface area contributed by atoms with Crippen LogP contribution in [0.1, 0.15) is 51.5 Å². The predicted molar refractivity (Wildman–Crippen MR) is 90.2 cm³/mol. The molecule has 112 valence electrons. The molecule has 1 atom stereocenters. The molecule has 0 spiro atoms. The maximum Gasteiger partial charge on any atom is 0.0406 e. The lowest BCUT2D eigenvalue weighted by Gasteiger charge is -2.16. The van der Waals surface area contributed by atoms with Crippen LogP contribution in [0.4, 0.5) is 0 Å². The Balaban J connectivity index is 2.28. The van der Waals surface area contributed by atoms with Crippen LogP contribution >= 0.6 is 11.6 Å². The van der Waals surface area contributed by atoms with Crippen LogP contribution in [0, 0.1) is 5.92 Å². The fraction of sp³-hybridized carbons (Fsp3) is 0.556. The van der Waals surface area contributed by atoms with Crippen molar-refractivity contribution in [1.29, 1.82) is 0 Å². The normalized spacial score (nSPS) is 12.2. The highest BCUT2D eigenvalue weighted by molar-refractivity contribution is 6.30. The molecule has 20 heavy (non-hydrogen) atoms. The molecule has 0 bridgehead atoms. The standard InChI is InChI=1S/C18H28ClN/c1-4-14-20-15(3)6-7-16(5-2)8-9-17-10-12-18(19)13-11-17/h10-13,16,20H,3-9,14H2,1-2H3. The molecule has 1 nitrogen and oxygen atoms in total. The lowest BCUT2D eigenvalue weighted by Crippen LogP contribution is -2.14. The summed E-state index contributed by atoms with van der Waals surface area (Å²) in [7, 11) is 0. The number of halogens is 1. The van der Waals surface area contributed by atoms with Crippen molar-refractivity contribution in [2.75, 3.05) is 6.54 Å². The van der Waals surface area contributed by atoms with Gasteiger partial charge in [0.2, 0.25) is 0 Å². The summed E-state index contributed by atoms with van der Waals surface area (Å²) in [6, 6.07) is 8.23. The van der Waals surface area contributed by atoms with Crippen molar-refractivity contribution < 1.29 is 0 Å². The average Bonchev–Trinajstić information content (AvgIpc) is 2.47. The van der Waals surface area contributed by atoms with Gasteiger partial charge >= 0.3 is 0 Å². The van der Waals surface area contributed by atoms with Gasteiger partial charge < -0.3 is 5.32 Å². The van der Waals surface area contributed by atoms with E-state index in [1.54, 1.807) is 0 Å². The highest BCUT2D eigenvalue weighted by Crippen LogP contribution is 2.20. The van der Waals surface area contributed by atoms with Gasteiger partial charge in [0.25, 0.3) is 0 Å². The Morgan fingerprint density at radius 2 is 1.90 bits per heavy atom. The highest BCUT2D eigenvalue weighted by atomic mass is 35.5. The third-order valence-electron chi connectivity index (χ3n) is 3.81. The minimum atomic E-state index is 0.783. The molecule has 1 unspecified atom stereocenters. The summed E-state index contributed by atoms with van der Waals surface area (Å²) in [5, 5.41) is 4.20. The van der Waals surface area contributed by atoms with Gasteiger partial charge in [-0.25, -0.2) is 0 Å². The van der Waals surface area contributed by atoms with E-state index in [0.717, 1.165) is 36.7 Å². The Hall–Kier alpha value is -0.950. The Morgan fingerprint density at radius 1 is 1.20 bits per heavy atom. The van der Waals surface area contributed by atoms with E-state index < -0.39 is 0 Å². The van der Waals surface area contributed by atoms with Gasteiger partial charge in [-0.05, 0) is 55.7 Å². The van der Waals surface area contributed by atoms with Gasteiger partial charge in [0, 0.05) is 17.3 Å². The molecule has 0 saturated heterocycles. The largest absolute Gasteiger partial charge is 0.389 e. The number of rotatable bonds is 10. The van der Waals surface area contributed by atoms with Crippen LogP contribution in [-0.4, -0.2) is 6.54 Å². The van der Waals surface area contributed by atoms with Crippen LogP contribution in [-0.2, 0) is 6.42 Å². The van der Waals surface area contributed by atoms with Crippen LogP contribution in [0.5, 0.6) is 0 Å². The molecule has 0 radical (unpaired) electrons. The third kappa shape index (κ3) is 7.00. The Bertz CT molecular complexity index is 383. The van der Waals surface area contributed by atoms with Crippen molar-refractivity contribution in [3.05, 3.63) is 47.1 Å². The molecule has 0 fully saturated rings. The highest BCUT2D eigenvalue weighted by Gasteiger charge is 2.07. The van der Waals surface area contributed by atoms with E-state index in [4.69, 9.17) is 11.6 Å². The number of allylic oxidation sites excluding steroid dienone is 1. The predicted octanol–water partition coefficient (Wildman–Crippen LogP) is 5.59. The second-order valence-electron chi connectivity index (χ2n) is 5.51. The molecule has 0 aliphatic carbocycles. The fourth-order valence-corrected chi connectivity index (χ4v) is 2.47. The van der Waals surface area contributed by atoms with Gasteiger partial charge in [0.05, 0.1) is 0 Å². The van der Waals surface area contributed by atoms with E-state index in [1.807, 2.05) is 12.1 Å². The lowest BCUT2D eigenvalue weighted by atomic mass is 9.92. The molecule has 2 heteroatoms. The summed E-state index contributed by atoms with van der Waals surface area (Å²) >= 11 is 5.91. The number of hydrogen-bond acceptors (Lipinski definition) is 1. The molecule has 0 aliphatic rings. The summed E-state index contributed by atoms with van der Waals surface area (Å²) < 4.78 is 0. The first kappa shape index (κ1) is 17.1. The zero-order valence-corrected chi connectivity index (χ0v) is 13.7. The summed E-state index contributed by atoms with van der Waals surface area (Å²) in [5.41, 5.74) is 2.58. The van der Waals surface area contributed by atoms with Crippen LogP contribution in [0.3, 0.4) is 0 Å². The topological polar surface area (TPSA) is 12.0 Å². The Labute approximate surface area is 129 Å². The number of aryl methyl sites for hydroxylation is 1. The average molecular weight is 294 g/mol. The van der Waals surface area contributed by atoms with E-state index in [2.05, 4.69) is 37.9 Å². The molecule has 0 aromatic heterocycles. The van der Waals surface area contributed by atoms with Gasteiger partial charge in [-0.15, -0.1) is 0 Å². The van der Waals surface area contributed by atoms with E-state index >= 15 is 0 Å². The third-order valence-corrected chi connectivity index (χ3v) is 4.06. The van der Waals surface area contributed by atoms with E-state index in [1.165, 1.54) is 30.5 Å². The van der Waals surface area contributed by atoms with Crippen LogP contribution in [0.15, 0.2) is 36.5 Å². The van der Waals surface area contributed by atoms with Crippen molar-refractivity contribution in [3.8, 4) is 0 Å². The van der Waals surface area contributed by atoms with Crippen LogP contribution < -0.4 is 5.32 Å². The Morgan fingerprint density at radius 3 is 2.50 bits per heavy atom. The summed E-state index contributed by atoms with van der Waals surface area (Å²) in [6.07, 6.45) is 7.13. The molecule has 1 N–H and O–H groups in total. The molecular weight excluding hydrogens is 266 g/mol. The smallest absolute Gasteiger partial charge is 0.0406 e. The van der Waals surface area contributed by atoms with Gasteiger partial charge in [0.1, 0.15) is 0 Å². The van der Waals surface area contributed by atoms with Gasteiger partial charge in [0.15, 0.2) is 0 Å². The molecule has 0 amide bonds. The maximum absolute atomic E-state index is 5.91. The van der Waals surface area contributed by atoms with Crippen molar-refractivity contribution in [2.24, 2.45) is 5.92 Å². The van der Waals surface area contributed by atoms with Crippen molar-refractivity contribution in [2.45, 2.75) is 52.4 Å². The quantitative estimate of drug-likeness (QED) is 0.593. The Kier molecular flexibility index (Phi) is 8.45. The van der Waals surface area contributed by atoms with E-state index in [9.17, 15) is 0 Å². The fourth-order valence-electron chi connectivity index (χ4n) is 2.34. The van der Waals surface area contributed by atoms with Crippen LogP contribution in [0.25, 0.3) is 0 Å². The van der Waals surface area contributed by atoms with Crippen molar-refractivity contribution in [3.63, 3.8) is 0 Å².